The average molecular weight is 425 g/mol. The minimum Gasteiger partial charge on any atom is -0.493 e. The van der Waals surface area contributed by atoms with Gasteiger partial charge in [-0.15, -0.1) is 0 Å². The topological polar surface area (TPSA) is 83.8 Å². The van der Waals surface area contributed by atoms with Crippen LogP contribution >= 0.6 is 0 Å². The third-order valence-electron chi connectivity index (χ3n) is 4.61. The van der Waals surface area contributed by atoms with Crippen LogP contribution < -0.4 is 14.8 Å². The molecule has 3 rings (SSSR count). The zero-order chi connectivity index (χ0) is 22.1. The highest BCUT2D eigenvalue weighted by Gasteiger charge is 2.20. The van der Waals surface area contributed by atoms with E-state index < -0.39 is 0 Å². The standard InChI is InChI=1S/C23H27N3O5/c1-28-13-14-31-12-11-24-23(27)22-19(16-26(25-22)18-7-5-4-6-8-18)17-9-10-20(29-2)21(15-17)30-3/h4-10,15-16H,11-14H2,1-3H3,(H,24,27). The first-order valence-corrected chi connectivity index (χ1v) is 9.90. The largest absolute Gasteiger partial charge is 0.493 e. The van der Waals surface area contributed by atoms with Gasteiger partial charge in [0, 0.05) is 25.4 Å². The number of aromatic nitrogens is 2. The van der Waals surface area contributed by atoms with E-state index in [4.69, 9.17) is 18.9 Å². The Morgan fingerprint density at radius 3 is 2.45 bits per heavy atom. The number of para-hydroxylation sites is 1. The Balaban J connectivity index is 1.88. The number of ether oxygens (including phenoxy) is 4. The van der Waals surface area contributed by atoms with Crippen molar-refractivity contribution >= 4 is 5.91 Å². The molecule has 0 unspecified atom stereocenters. The molecule has 0 radical (unpaired) electrons. The predicted molar refractivity (Wildman–Crippen MR) is 117 cm³/mol. The van der Waals surface area contributed by atoms with Gasteiger partial charge in [-0.25, -0.2) is 4.68 Å². The van der Waals surface area contributed by atoms with Crippen LogP contribution in [0, 0.1) is 0 Å². The van der Waals surface area contributed by atoms with E-state index in [1.165, 1.54) is 0 Å². The molecule has 0 aliphatic rings. The normalized spacial score (nSPS) is 10.7. The summed E-state index contributed by atoms with van der Waals surface area (Å²) in [5.41, 5.74) is 2.64. The first-order valence-electron chi connectivity index (χ1n) is 9.90. The van der Waals surface area contributed by atoms with Gasteiger partial charge in [-0.05, 0) is 29.8 Å². The fraction of sp³-hybridized carbons (Fsp3) is 0.304. The Morgan fingerprint density at radius 2 is 1.74 bits per heavy atom. The van der Waals surface area contributed by atoms with Crippen LogP contribution in [0.4, 0.5) is 0 Å². The number of nitrogens with one attached hydrogen (secondary N) is 1. The van der Waals surface area contributed by atoms with E-state index >= 15 is 0 Å². The quantitative estimate of drug-likeness (QED) is 0.476. The van der Waals surface area contributed by atoms with E-state index in [1.54, 1.807) is 32.1 Å². The first kappa shape index (κ1) is 22.3. The summed E-state index contributed by atoms with van der Waals surface area (Å²) in [5.74, 6) is 0.904. The fourth-order valence-electron chi connectivity index (χ4n) is 3.03. The lowest BCUT2D eigenvalue weighted by atomic mass is 10.1. The Labute approximate surface area is 181 Å². The van der Waals surface area contributed by atoms with Crippen LogP contribution in [0.3, 0.4) is 0 Å². The van der Waals surface area contributed by atoms with Gasteiger partial charge in [0.05, 0.1) is 39.7 Å². The number of rotatable bonds is 11. The monoisotopic (exact) mass is 425 g/mol. The highest BCUT2D eigenvalue weighted by molar-refractivity contribution is 5.99. The molecule has 8 heteroatoms. The number of carbonyl (C=O) groups is 1. The zero-order valence-electron chi connectivity index (χ0n) is 18.0. The van der Waals surface area contributed by atoms with Crippen molar-refractivity contribution in [1.82, 2.24) is 15.1 Å². The van der Waals surface area contributed by atoms with Crippen molar-refractivity contribution in [2.24, 2.45) is 0 Å². The number of methoxy groups -OCH3 is 3. The third-order valence-corrected chi connectivity index (χ3v) is 4.61. The second-order valence-electron chi connectivity index (χ2n) is 6.60. The lowest BCUT2D eigenvalue weighted by Gasteiger charge is -2.10. The van der Waals surface area contributed by atoms with E-state index in [0.29, 0.717) is 49.1 Å². The predicted octanol–water partition coefficient (Wildman–Crippen LogP) is 2.95. The molecule has 3 aromatic rings. The number of hydrogen-bond donors (Lipinski definition) is 1. The minimum atomic E-state index is -0.283. The van der Waals surface area contributed by atoms with Gasteiger partial charge in [0.2, 0.25) is 0 Å². The summed E-state index contributed by atoms with van der Waals surface area (Å²) >= 11 is 0. The summed E-state index contributed by atoms with van der Waals surface area (Å²) < 4.78 is 22.8. The Morgan fingerprint density at radius 1 is 0.968 bits per heavy atom. The summed E-state index contributed by atoms with van der Waals surface area (Å²) in [6.07, 6.45) is 1.83. The van der Waals surface area contributed by atoms with Crippen molar-refractivity contribution in [3.8, 4) is 28.3 Å². The molecule has 0 fully saturated rings. The number of nitrogens with zero attached hydrogens (tertiary/aromatic N) is 2. The maximum absolute atomic E-state index is 12.9. The Bertz CT molecular complexity index is 988. The molecule has 2 aromatic carbocycles. The molecule has 0 aliphatic carbocycles. The molecule has 8 nitrogen and oxygen atoms in total. The second kappa shape index (κ2) is 11.1. The van der Waals surface area contributed by atoms with Gasteiger partial charge in [0.15, 0.2) is 17.2 Å². The lowest BCUT2D eigenvalue weighted by Crippen LogP contribution is -2.28. The molecule has 1 aromatic heterocycles. The number of benzene rings is 2. The van der Waals surface area contributed by atoms with Crippen molar-refractivity contribution in [2.45, 2.75) is 0 Å². The van der Waals surface area contributed by atoms with Gasteiger partial charge in [0.1, 0.15) is 0 Å². The minimum absolute atomic E-state index is 0.283. The van der Waals surface area contributed by atoms with E-state index in [9.17, 15) is 4.79 Å². The zero-order valence-corrected chi connectivity index (χ0v) is 18.0. The van der Waals surface area contributed by atoms with E-state index in [1.807, 2.05) is 48.7 Å². The molecule has 0 aliphatic heterocycles. The second-order valence-corrected chi connectivity index (χ2v) is 6.60. The van der Waals surface area contributed by atoms with Crippen molar-refractivity contribution in [3.05, 3.63) is 60.4 Å². The molecule has 1 N–H and O–H groups in total. The molecule has 164 valence electrons. The van der Waals surface area contributed by atoms with Crippen LogP contribution in [0.5, 0.6) is 11.5 Å². The van der Waals surface area contributed by atoms with Crippen molar-refractivity contribution < 1.29 is 23.7 Å². The van der Waals surface area contributed by atoms with Gasteiger partial charge in [-0.3, -0.25) is 4.79 Å². The van der Waals surface area contributed by atoms with Crippen LogP contribution in [0.15, 0.2) is 54.7 Å². The molecule has 31 heavy (non-hydrogen) atoms. The summed E-state index contributed by atoms with van der Waals surface area (Å²) in [6, 6.07) is 15.1. The van der Waals surface area contributed by atoms with E-state index in [0.717, 1.165) is 11.3 Å². The molecule has 0 bridgehead atoms. The first-order chi connectivity index (χ1) is 15.2. The van der Waals surface area contributed by atoms with Crippen LogP contribution in [0.1, 0.15) is 10.5 Å². The summed E-state index contributed by atoms with van der Waals surface area (Å²) in [7, 11) is 4.77. The highest BCUT2D eigenvalue weighted by atomic mass is 16.5. The van der Waals surface area contributed by atoms with E-state index in [2.05, 4.69) is 10.4 Å². The van der Waals surface area contributed by atoms with Crippen LogP contribution in [-0.2, 0) is 9.47 Å². The lowest BCUT2D eigenvalue weighted by molar-refractivity contribution is 0.0692. The molecule has 0 spiro atoms. The Hall–Kier alpha value is -3.36. The van der Waals surface area contributed by atoms with Crippen molar-refractivity contribution in [3.63, 3.8) is 0 Å². The van der Waals surface area contributed by atoms with Gasteiger partial charge in [-0.1, -0.05) is 24.3 Å². The van der Waals surface area contributed by atoms with Crippen LogP contribution in [0.2, 0.25) is 0 Å². The molecular weight excluding hydrogens is 398 g/mol. The van der Waals surface area contributed by atoms with Crippen LogP contribution in [0.25, 0.3) is 16.8 Å². The van der Waals surface area contributed by atoms with Gasteiger partial charge in [0.25, 0.3) is 5.91 Å². The van der Waals surface area contributed by atoms with E-state index in [-0.39, 0.29) is 5.91 Å². The fourth-order valence-corrected chi connectivity index (χ4v) is 3.03. The van der Waals surface area contributed by atoms with Crippen molar-refractivity contribution in [2.75, 3.05) is 47.7 Å². The van der Waals surface area contributed by atoms with Crippen LogP contribution in [-0.4, -0.2) is 63.4 Å². The number of hydrogen-bond acceptors (Lipinski definition) is 6. The Kier molecular flexibility index (Phi) is 8.03. The number of carbonyl (C=O) groups excluding carboxylic acids is 1. The third kappa shape index (κ3) is 5.62. The molecule has 0 saturated carbocycles. The smallest absolute Gasteiger partial charge is 0.272 e. The molecule has 1 amide bonds. The summed E-state index contributed by atoms with van der Waals surface area (Å²) in [4.78, 5) is 12.9. The maximum Gasteiger partial charge on any atom is 0.272 e. The molecular formula is C23H27N3O5. The molecule has 0 saturated heterocycles. The SMILES string of the molecule is COCCOCCNC(=O)c1nn(-c2ccccc2)cc1-c1ccc(OC)c(OC)c1. The van der Waals surface area contributed by atoms with Gasteiger partial charge >= 0.3 is 0 Å². The summed E-state index contributed by atoms with van der Waals surface area (Å²) in [5, 5.41) is 7.42. The molecule has 1 heterocycles. The average Bonchev–Trinajstić information content (AvgIpc) is 3.27. The van der Waals surface area contributed by atoms with Gasteiger partial charge in [-0.2, -0.15) is 5.10 Å². The highest BCUT2D eigenvalue weighted by Crippen LogP contribution is 2.34. The maximum atomic E-state index is 12.9. The van der Waals surface area contributed by atoms with Crippen molar-refractivity contribution in [1.29, 1.82) is 0 Å². The number of amides is 1. The summed E-state index contributed by atoms with van der Waals surface area (Å²) in [6.45, 7) is 1.75. The van der Waals surface area contributed by atoms with Gasteiger partial charge < -0.3 is 24.3 Å². The molecule has 0 atom stereocenters.